The van der Waals surface area contributed by atoms with Crippen molar-refractivity contribution in [1.82, 2.24) is 10.2 Å². The van der Waals surface area contributed by atoms with Gasteiger partial charge in [0.2, 0.25) is 0 Å². The number of rotatable bonds is 6. The maximum atomic E-state index is 3.72. The molecular weight excluding hydrogens is 220 g/mol. The van der Waals surface area contributed by atoms with E-state index in [9.17, 15) is 0 Å². The van der Waals surface area contributed by atoms with Crippen LogP contribution in [0, 0.1) is 11.3 Å². The van der Waals surface area contributed by atoms with Crippen LogP contribution in [0.5, 0.6) is 0 Å². The van der Waals surface area contributed by atoms with Crippen LogP contribution in [0.2, 0.25) is 0 Å². The second kappa shape index (κ2) is 8.16. The Kier molecular flexibility index (Phi) is 7.25. The third kappa shape index (κ3) is 7.38. The van der Waals surface area contributed by atoms with Crippen molar-refractivity contribution in [3.63, 3.8) is 0 Å². The van der Waals surface area contributed by atoms with Crippen molar-refractivity contribution in [2.45, 2.75) is 58.8 Å². The van der Waals surface area contributed by atoms with E-state index < -0.39 is 0 Å². The van der Waals surface area contributed by atoms with Gasteiger partial charge in [-0.1, -0.05) is 46.0 Å². The molecule has 0 aromatic rings. The van der Waals surface area contributed by atoms with Gasteiger partial charge < -0.3 is 10.2 Å². The zero-order valence-electron chi connectivity index (χ0n) is 13.1. The maximum absolute atomic E-state index is 3.72. The van der Waals surface area contributed by atoms with Crippen molar-refractivity contribution < 1.29 is 0 Å². The SMILES string of the molecule is CN(C)CC(C)(C)CNCC1CCCCCCC1. The Morgan fingerprint density at radius 2 is 1.56 bits per heavy atom. The molecule has 0 bridgehead atoms. The van der Waals surface area contributed by atoms with Crippen LogP contribution < -0.4 is 5.32 Å². The van der Waals surface area contributed by atoms with Crippen LogP contribution in [-0.4, -0.2) is 38.6 Å². The van der Waals surface area contributed by atoms with Gasteiger partial charge in [0.1, 0.15) is 0 Å². The molecule has 0 amide bonds. The highest BCUT2D eigenvalue weighted by Gasteiger charge is 2.19. The first kappa shape index (κ1) is 16.0. The molecule has 1 rings (SSSR count). The normalized spacial score (nSPS) is 19.8. The molecule has 1 aliphatic rings. The largest absolute Gasteiger partial charge is 0.316 e. The van der Waals surface area contributed by atoms with Crippen LogP contribution in [0.15, 0.2) is 0 Å². The fourth-order valence-electron chi connectivity index (χ4n) is 3.27. The minimum atomic E-state index is 0.380. The van der Waals surface area contributed by atoms with Gasteiger partial charge in [-0.25, -0.2) is 0 Å². The minimum absolute atomic E-state index is 0.380. The summed E-state index contributed by atoms with van der Waals surface area (Å²) in [5, 5.41) is 3.72. The highest BCUT2D eigenvalue weighted by molar-refractivity contribution is 4.75. The van der Waals surface area contributed by atoms with E-state index in [1.54, 1.807) is 0 Å². The Balaban J connectivity index is 2.18. The van der Waals surface area contributed by atoms with E-state index in [0.29, 0.717) is 5.41 Å². The first-order valence-electron chi connectivity index (χ1n) is 7.85. The van der Waals surface area contributed by atoms with Gasteiger partial charge in [-0.15, -0.1) is 0 Å². The summed E-state index contributed by atoms with van der Waals surface area (Å²) < 4.78 is 0. The highest BCUT2D eigenvalue weighted by atomic mass is 15.1. The molecule has 0 spiro atoms. The summed E-state index contributed by atoms with van der Waals surface area (Å²) in [4.78, 5) is 2.29. The van der Waals surface area contributed by atoms with Gasteiger partial charge in [-0.2, -0.15) is 0 Å². The first-order valence-corrected chi connectivity index (χ1v) is 7.85. The van der Waals surface area contributed by atoms with E-state index in [1.807, 2.05) is 0 Å². The summed E-state index contributed by atoms with van der Waals surface area (Å²) in [6, 6.07) is 0. The molecule has 0 saturated heterocycles. The molecule has 1 aliphatic carbocycles. The van der Waals surface area contributed by atoms with Gasteiger partial charge in [-0.05, 0) is 44.8 Å². The Morgan fingerprint density at radius 3 is 2.11 bits per heavy atom. The van der Waals surface area contributed by atoms with E-state index in [1.165, 1.54) is 51.5 Å². The topological polar surface area (TPSA) is 15.3 Å². The van der Waals surface area contributed by atoms with E-state index in [0.717, 1.165) is 19.0 Å². The van der Waals surface area contributed by atoms with Gasteiger partial charge in [-0.3, -0.25) is 0 Å². The third-order valence-electron chi connectivity index (χ3n) is 4.01. The lowest BCUT2D eigenvalue weighted by atomic mass is 9.90. The van der Waals surface area contributed by atoms with Crippen LogP contribution in [0.4, 0.5) is 0 Å². The highest BCUT2D eigenvalue weighted by Crippen LogP contribution is 2.22. The summed E-state index contributed by atoms with van der Waals surface area (Å²) in [5.41, 5.74) is 0.380. The number of nitrogens with one attached hydrogen (secondary N) is 1. The molecule has 0 aliphatic heterocycles. The van der Waals surface area contributed by atoms with Crippen molar-refractivity contribution in [1.29, 1.82) is 0 Å². The van der Waals surface area contributed by atoms with Crippen molar-refractivity contribution in [3.05, 3.63) is 0 Å². The molecule has 2 heteroatoms. The monoisotopic (exact) mass is 254 g/mol. The molecule has 0 heterocycles. The smallest absolute Gasteiger partial charge is 0.00387 e. The summed E-state index contributed by atoms with van der Waals surface area (Å²) in [6.07, 6.45) is 10.2. The summed E-state index contributed by atoms with van der Waals surface area (Å²) in [5.74, 6) is 0.931. The fourth-order valence-corrected chi connectivity index (χ4v) is 3.27. The number of nitrogens with zero attached hydrogens (tertiary/aromatic N) is 1. The minimum Gasteiger partial charge on any atom is -0.316 e. The molecule has 0 atom stereocenters. The predicted molar refractivity (Wildman–Crippen MR) is 81.0 cm³/mol. The Bertz CT molecular complexity index is 203. The van der Waals surface area contributed by atoms with Gasteiger partial charge >= 0.3 is 0 Å². The Hall–Kier alpha value is -0.0800. The predicted octanol–water partition coefficient (Wildman–Crippen LogP) is 3.52. The van der Waals surface area contributed by atoms with E-state index in [-0.39, 0.29) is 0 Å². The Morgan fingerprint density at radius 1 is 1.00 bits per heavy atom. The molecule has 0 aromatic heterocycles. The molecule has 108 valence electrons. The lowest BCUT2D eigenvalue weighted by Crippen LogP contribution is -2.39. The summed E-state index contributed by atoms with van der Waals surface area (Å²) in [7, 11) is 4.33. The quantitative estimate of drug-likeness (QED) is 0.780. The van der Waals surface area contributed by atoms with Gasteiger partial charge in [0.25, 0.3) is 0 Å². The molecule has 18 heavy (non-hydrogen) atoms. The zero-order valence-corrected chi connectivity index (χ0v) is 13.1. The molecule has 0 radical (unpaired) electrons. The molecule has 0 aromatic carbocycles. The first-order chi connectivity index (χ1) is 8.49. The maximum Gasteiger partial charge on any atom is 0.00387 e. The molecule has 1 fully saturated rings. The van der Waals surface area contributed by atoms with E-state index in [4.69, 9.17) is 0 Å². The van der Waals surface area contributed by atoms with Crippen molar-refractivity contribution >= 4 is 0 Å². The molecule has 1 saturated carbocycles. The summed E-state index contributed by atoms with van der Waals surface area (Å²) in [6.45, 7) is 8.25. The molecule has 2 nitrogen and oxygen atoms in total. The van der Waals surface area contributed by atoms with Crippen molar-refractivity contribution in [3.8, 4) is 0 Å². The number of hydrogen-bond acceptors (Lipinski definition) is 2. The summed E-state index contributed by atoms with van der Waals surface area (Å²) >= 11 is 0. The molecule has 1 N–H and O–H groups in total. The Labute approximate surface area is 115 Å². The van der Waals surface area contributed by atoms with Crippen LogP contribution in [0.3, 0.4) is 0 Å². The van der Waals surface area contributed by atoms with Crippen LogP contribution >= 0.6 is 0 Å². The zero-order chi connectivity index (χ0) is 13.4. The molecular formula is C16H34N2. The third-order valence-corrected chi connectivity index (χ3v) is 4.01. The number of hydrogen-bond donors (Lipinski definition) is 1. The van der Waals surface area contributed by atoms with Crippen molar-refractivity contribution in [2.24, 2.45) is 11.3 Å². The standard InChI is InChI=1S/C16H34N2/c1-16(2,14-18(3)4)13-17-12-15-10-8-6-5-7-9-11-15/h15,17H,5-14H2,1-4H3. The van der Waals surface area contributed by atoms with Crippen molar-refractivity contribution in [2.75, 3.05) is 33.7 Å². The van der Waals surface area contributed by atoms with Gasteiger partial charge in [0.15, 0.2) is 0 Å². The van der Waals surface area contributed by atoms with Gasteiger partial charge in [0.05, 0.1) is 0 Å². The van der Waals surface area contributed by atoms with E-state index in [2.05, 4.69) is 38.2 Å². The lowest BCUT2D eigenvalue weighted by molar-refractivity contribution is 0.226. The van der Waals surface area contributed by atoms with Gasteiger partial charge in [0, 0.05) is 13.1 Å². The average molecular weight is 254 g/mol. The lowest BCUT2D eigenvalue weighted by Gasteiger charge is -2.30. The van der Waals surface area contributed by atoms with Crippen LogP contribution in [0.25, 0.3) is 0 Å². The molecule has 0 unspecified atom stereocenters. The second-order valence-corrected chi connectivity index (χ2v) is 7.24. The second-order valence-electron chi connectivity index (χ2n) is 7.24. The van der Waals surface area contributed by atoms with E-state index >= 15 is 0 Å². The van der Waals surface area contributed by atoms with Crippen LogP contribution in [-0.2, 0) is 0 Å². The fraction of sp³-hybridized carbons (Fsp3) is 1.00. The average Bonchev–Trinajstić information content (AvgIpc) is 2.18. The van der Waals surface area contributed by atoms with Crippen LogP contribution in [0.1, 0.15) is 58.8 Å².